The van der Waals surface area contributed by atoms with Gasteiger partial charge in [0.1, 0.15) is 0 Å². The average Bonchev–Trinajstić information content (AvgIpc) is 2.30. The van der Waals surface area contributed by atoms with Crippen LogP contribution in [0.4, 0.5) is 0 Å². The Balaban J connectivity index is 3.40. The number of nitrogens with one attached hydrogen (secondary N) is 3. The molecule has 2 amide bonds. The van der Waals surface area contributed by atoms with Gasteiger partial charge >= 0.3 is 0 Å². The fourth-order valence-corrected chi connectivity index (χ4v) is 0.965. The van der Waals surface area contributed by atoms with E-state index in [2.05, 4.69) is 16.0 Å². The monoisotopic (exact) mass is 242 g/mol. The van der Waals surface area contributed by atoms with Crippen LogP contribution in [0.2, 0.25) is 0 Å². The average molecular weight is 242 g/mol. The Hall–Kier alpha value is -1.65. The summed E-state index contributed by atoms with van der Waals surface area (Å²) < 4.78 is 4.76. The highest BCUT2D eigenvalue weighted by Crippen LogP contribution is 1.72. The van der Waals surface area contributed by atoms with E-state index in [1.807, 2.05) is 6.07 Å². The maximum atomic E-state index is 11.2. The molecule has 96 valence electrons. The molecule has 0 unspecified atom stereocenters. The van der Waals surface area contributed by atoms with Gasteiger partial charge in [-0.05, 0) is 0 Å². The van der Waals surface area contributed by atoms with Gasteiger partial charge in [0, 0.05) is 20.2 Å². The van der Waals surface area contributed by atoms with Crippen LogP contribution in [-0.2, 0) is 14.3 Å². The number of nitriles is 1. The van der Waals surface area contributed by atoms with Crippen LogP contribution >= 0.6 is 0 Å². The lowest BCUT2D eigenvalue weighted by molar-refractivity contribution is -0.121. The third kappa shape index (κ3) is 10.6. The molecule has 7 nitrogen and oxygen atoms in total. The van der Waals surface area contributed by atoms with Gasteiger partial charge in [0.05, 0.1) is 32.2 Å². The molecule has 0 spiro atoms. The topological polar surface area (TPSA) is 103 Å². The lowest BCUT2D eigenvalue weighted by Crippen LogP contribution is -2.40. The SMILES string of the molecule is COCCNC(=O)CNCC(=O)NCCC#N. The van der Waals surface area contributed by atoms with Gasteiger partial charge in [0.15, 0.2) is 0 Å². The number of carbonyl (C=O) groups is 2. The highest BCUT2D eigenvalue weighted by molar-refractivity contribution is 5.81. The van der Waals surface area contributed by atoms with E-state index in [0.29, 0.717) is 19.7 Å². The summed E-state index contributed by atoms with van der Waals surface area (Å²) in [7, 11) is 1.55. The molecule has 0 heterocycles. The lowest BCUT2D eigenvalue weighted by atomic mass is 10.4. The Labute approximate surface area is 101 Å². The first-order chi connectivity index (χ1) is 8.20. The number of ether oxygens (including phenoxy) is 1. The molecule has 0 radical (unpaired) electrons. The summed E-state index contributed by atoms with van der Waals surface area (Å²) in [5.74, 6) is -0.420. The van der Waals surface area contributed by atoms with Crippen molar-refractivity contribution in [1.82, 2.24) is 16.0 Å². The Bertz CT molecular complexity index is 275. The molecule has 0 atom stereocenters. The first kappa shape index (κ1) is 15.3. The first-order valence-corrected chi connectivity index (χ1v) is 5.30. The van der Waals surface area contributed by atoms with Crippen molar-refractivity contribution >= 4 is 11.8 Å². The summed E-state index contributed by atoms with van der Waals surface area (Å²) in [4.78, 5) is 22.3. The van der Waals surface area contributed by atoms with Gasteiger partial charge in [-0.3, -0.25) is 14.9 Å². The molecule has 7 heteroatoms. The van der Waals surface area contributed by atoms with E-state index in [1.165, 1.54) is 0 Å². The number of carbonyl (C=O) groups excluding carboxylic acids is 2. The molecule has 0 aliphatic heterocycles. The molecule has 0 bridgehead atoms. The Morgan fingerprint density at radius 1 is 1.18 bits per heavy atom. The predicted octanol–water partition coefficient (Wildman–Crippen LogP) is -1.63. The standard InChI is InChI=1S/C10H18N4O3/c1-17-6-5-14-10(16)8-12-7-9(15)13-4-2-3-11/h12H,2,4-8H2,1H3,(H,13,15)(H,14,16). The Morgan fingerprint density at radius 3 is 2.29 bits per heavy atom. The summed E-state index contributed by atoms with van der Waals surface area (Å²) >= 11 is 0. The van der Waals surface area contributed by atoms with Crippen molar-refractivity contribution in [2.45, 2.75) is 6.42 Å². The molecule has 0 aromatic carbocycles. The molecule has 0 saturated carbocycles. The van der Waals surface area contributed by atoms with E-state index < -0.39 is 0 Å². The van der Waals surface area contributed by atoms with Gasteiger partial charge < -0.3 is 15.4 Å². The molecule has 17 heavy (non-hydrogen) atoms. The maximum absolute atomic E-state index is 11.2. The molecule has 0 fully saturated rings. The van der Waals surface area contributed by atoms with Crippen molar-refractivity contribution in [3.05, 3.63) is 0 Å². The fraction of sp³-hybridized carbons (Fsp3) is 0.700. The largest absolute Gasteiger partial charge is 0.383 e. The fourth-order valence-electron chi connectivity index (χ4n) is 0.965. The molecule has 0 rings (SSSR count). The molecule has 0 aliphatic rings. The van der Waals surface area contributed by atoms with E-state index in [0.717, 1.165) is 0 Å². The normalized spacial score (nSPS) is 9.41. The Kier molecular flexibility index (Phi) is 9.80. The molecule has 3 N–H and O–H groups in total. The van der Waals surface area contributed by atoms with Gasteiger partial charge in [0.25, 0.3) is 0 Å². The summed E-state index contributed by atoms with van der Waals surface area (Å²) in [5.41, 5.74) is 0. The van der Waals surface area contributed by atoms with Crippen LogP contribution in [0.5, 0.6) is 0 Å². The third-order valence-corrected chi connectivity index (χ3v) is 1.76. The maximum Gasteiger partial charge on any atom is 0.234 e. The second kappa shape index (κ2) is 10.9. The second-order valence-electron chi connectivity index (χ2n) is 3.20. The van der Waals surface area contributed by atoms with E-state index in [4.69, 9.17) is 10.00 Å². The minimum absolute atomic E-state index is 0.0587. The summed E-state index contributed by atoms with van der Waals surface area (Å²) in [6.45, 7) is 1.38. The van der Waals surface area contributed by atoms with E-state index in [9.17, 15) is 9.59 Å². The van der Waals surface area contributed by atoms with E-state index in [1.54, 1.807) is 7.11 Å². The highest BCUT2D eigenvalue weighted by Gasteiger charge is 2.02. The Morgan fingerprint density at radius 2 is 1.76 bits per heavy atom. The van der Waals surface area contributed by atoms with Gasteiger partial charge in [0.2, 0.25) is 11.8 Å². The van der Waals surface area contributed by atoms with Crippen LogP contribution in [0, 0.1) is 11.3 Å². The van der Waals surface area contributed by atoms with Crippen LogP contribution in [-0.4, -0.2) is 51.7 Å². The van der Waals surface area contributed by atoms with Gasteiger partial charge in [-0.1, -0.05) is 0 Å². The summed E-state index contributed by atoms with van der Waals surface area (Å²) in [6.07, 6.45) is 0.281. The second-order valence-corrected chi connectivity index (χ2v) is 3.20. The van der Waals surface area contributed by atoms with Gasteiger partial charge in [-0.2, -0.15) is 5.26 Å². The zero-order valence-electron chi connectivity index (χ0n) is 9.91. The van der Waals surface area contributed by atoms with Crippen LogP contribution in [0.25, 0.3) is 0 Å². The highest BCUT2D eigenvalue weighted by atomic mass is 16.5. The molecule has 0 saturated heterocycles. The molecular formula is C10H18N4O3. The number of hydrogen-bond acceptors (Lipinski definition) is 5. The van der Waals surface area contributed by atoms with Crippen molar-refractivity contribution < 1.29 is 14.3 Å². The first-order valence-electron chi connectivity index (χ1n) is 5.30. The van der Waals surface area contributed by atoms with Gasteiger partial charge in [-0.25, -0.2) is 0 Å². The minimum Gasteiger partial charge on any atom is -0.383 e. The van der Waals surface area contributed by atoms with E-state index >= 15 is 0 Å². The molecular weight excluding hydrogens is 224 g/mol. The van der Waals surface area contributed by atoms with Crippen molar-refractivity contribution in [2.75, 3.05) is 39.9 Å². The minimum atomic E-state index is -0.232. The van der Waals surface area contributed by atoms with Crippen molar-refractivity contribution in [2.24, 2.45) is 0 Å². The summed E-state index contributed by atoms with van der Waals surface area (Å²) in [6, 6.07) is 1.91. The number of rotatable bonds is 9. The van der Waals surface area contributed by atoms with Crippen LogP contribution < -0.4 is 16.0 Å². The number of hydrogen-bond donors (Lipinski definition) is 3. The predicted molar refractivity (Wildman–Crippen MR) is 61.0 cm³/mol. The zero-order chi connectivity index (χ0) is 12.9. The quantitative estimate of drug-likeness (QED) is 0.421. The number of nitrogens with zero attached hydrogens (tertiary/aromatic N) is 1. The lowest BCUT2D eigenvalue weighted by Gasteiger charge is -2.06. The molecule has 0 aromatic heterocycles. The summed E-state index contributed by atoms with van der Waals surface area (Å²) in [5, 5.41) is 16.1. The smallest absolute Gasteiger partial charge is 0.234 e. The zero-order valence-corrected chi connectivity index (χ0v) is 9.91. The van der Waals surface area contributed by atoms with Crippen molar-refractivity contribution in [3.63, 3.8) is 0 Å². The number of methoxy groups -OCH3 is 1. The van der Waals surface area contributed by atoms with Crippen LogP contribution in [0.3, 0.4) is 0 Å². The van der Waals surface area contributed by atoms with E-state index in [-0.39, 0.29) is 31.3 Å². The van der Waals surface area contributed by atoms with Crippen molar-refractivity contribution in [3.8, 4) is 6.07 Å². The number of amides is 2. The molecule has 0 aliphatic carbocycles. The van der Waals surface area contributed by atoms with Gasteiger partial charge in [-0.15, -0.1) is 0 Å². The molecule has 0 aromatic rings. The van der Waals surface area contributed by atoms with Crippen LogP contribution in [0.15, 0.2) is 0 Å². The van der Waals surface area contributed by atoms with Crippen molar-refractivity contribution in [1.29, 1.82) is 5.26 Å². The van der Waals surface area contributed by atoms with Crippen LogP contribution in [0.1, 0.15) is 6.42 Å². The third-order valence-electron chi connectivity index (χ3n) is 1.76.